The molecule has 2 aliphatic rings. The van der Waals surface area contributed by atoms with Crippen LogP contribution in [-0.2, 0) is 24.2 Å². The Bertz CT molecular complexity index is 913. The highest BCUT2D eigenvalue weighted by atomic mass is 32.1. The van der Waals surface area contributed by atoms with Crippen LogP contribution in [0.2, 0.25) is 0 Å². The van der Waals surface area contributed by atoms with Gasteiger partial charge in [0.05, 0.1) is 17.3 Å². The summed E-state index contributed by atoms with van der Waals surface area (Å²) in [5.74, 6) is 0.274. The van der Waals surface area contributed by atoms with E-state index in [1.54, 1.807) is 0 Å². The van der Waals surface area contributed by atoms with Gasteiger partial charge in [0.2, 0.25) is 5.91 Å². The van der Waals surface area contributed by atoms with E-state index in [0.717, 1.165) is 69.0 Å². The Morgan fingerprint density at radius 1 is 1.31 bits per heavy atom. The highest BCUT2D eigenvalue weighted by Crippen LogP contribution is 2.38. The molecule has 0 bridgehead atoms. The van der Waals surface area contributed by atoms with E-state index in [1.807, 2.05) is 19.9 Å². The van der Waals surface area contributed by atoms with Crippen LogP contribution in [0.3, 0.4) is 0 Å². The molecule has 2 aromatic rings. The highest BCUT2D eigenvalue weighted by Gasteiger charge is 2.30. The third kappa shape index (κ3) is 4.22. The number of primary amides is 1. The fraction of sp³-hybridized carbons (Fsp3) is 0.550. The number of aryl methyl sites for hydroxylation is 2. The molecule has 3 N–H and O–H groups in total. The Morgan fingerprint density at radius 3 is 2.72 bits per heavy atom. The fourth-order valence-electron chi connectivity index (χ4n) is 4.17. The maximum absolute atomic E-state index is 12.9. The number of hydrogen-bond acceptors (Lipinski definition) is 7. The second kappa shape index (κ2) is 8.25. The number of amides is 2. The van der Waals surface area contributed by atoms with Crippen LogP contribution < -0.4 is 11.1 Å². The number of piperazine rings is 1. The summed E-state index contributed by atoms with van der Waals surface area (Å²) in [6, 6.07) is 1.68. The molecule has 1 atom stereocenters. The Morgan fingerprint density at radius 2 is 2.07 bits per heavy atom. The fourth-order valence-corrected chi connectivity index (χ4v) is 5.46. The summed E-state index contributed by atoms with van der Waals surface area (Å²) in [6.45, 7) is 7.89. The average Bonchev–Trinajstić information content (AvgIpc) is 3.37. The lowest BCUT2D eigenvalue weighted by atomic mass is 10.1. The molecule has 0 unspecified atom stereocenters. The number of fused-ring (bicyclic) bond motifs is 1. The van der Waals surface area contributed by atoms with Crippen molar-refractivity contribution in [3.05, 3.63) is 33.5 Å². The van der Waals surface area contributed by atoms with Gasteiger partial charge in [-0.3, -0.25) is 19.4 Å². The monoisotopic (exact) mass is 417 g/mol. The maximum atomic E-state index is 12.9. The topological polar surface area (TPSA) is 105 Å². The van der Waals surface area contributed by atoms with E-state index >= 15 is 0 Å². The van der Waals surface area contributed by atoms with Gasteiger partial charge in [-0.05, 0) is 38.7 Å². The van der Waals surface area contributed by atoms with Gasteiger partial charge < -0.3 is 15.6 Å². The normalized spacial score (nSPS) is 18.6. The van der Waals surface area contributed by atoms with Crippen molar-refractivity contribution in [3.8, 4) is 0 Å². The largest absolute Gasteiger partial charge is 0.365 e. The Labute approximate surface area is 174 Å². The molecule has 0 radical (unpaired) electrons. The number of nitrogens with zero attached hydrogens (tertiary/aromatic N) is 3. The summed E-state index contributed by atoms with van der Waals surface area (Å²) < 4.78 is 5.13. The molecule has 4 rings (SSSR count). The first-order chi connectivity index (χ1) is 13.9. The van der Waals surface area contributed by atoms with Crippen molar-refractivity contribution in [1.29, 1.82) is 0 Å². The zero-order valence-electron chi connectivity index (χ0n) is 16.9. The maximum Gasteiger partial charge on any atom is 0.251 e. The van der Waals surface area contributed by atoms with Crippen LogP contribution >= 0.6 is 11.3 Å². The average molecular weight is 418 g/mol. The summed E-state index contributed by atoms with van der Waals surface area (Å²) in [6.07, 6.45) is 2.87. The van der Waals surface area contributed by atoms with E-state index in [0.29, 0.717) is 10.6 Å². The Balaban J connectivity index is 1.34. The highest BCUT2D eigenvalue weighted by molar-refractivity contribution is 7.17. The lowest BCUT2D eigenvalue weighted by Crippen LogP contribution is -2.52. The molecule has 0 saturated carbocycles. The second-order valence-corrected chi connectivity index (χ2v) is 8.94. The van der Waals surface area contributed by atoms with Gasteiger partial charge in [0.25, 0.3) is 5.91 Å². The summed E-state index contributed by atoms with van der Waals surface area (Å²) in [7, 11) is 0. The Kier molecular flexibility index (Phi) is 5.71. The second-order valence-electron chi connectivity index (χ2n) is 7.83. The number of aromatic nitrogens is 1. The van der Waals surface area contributed by atoms with Crippen molar-refractivity contribution in [1.82, 2.24) is 15.0 Å². The van der Waals surface area contributed by atoms with Crippen molar-refractivity contribution in [2.45, 2.75) is 45.7 Å². The number of thiophene rings is 1. The summed E-state index contributed by atoms with van der Waals surface area (Å²) in [4.78, 5) is 30.5. The molecule has 156 valence electrons. The zero-order chi connectivity index (χ0) is 20.5. The minimum absolute atomic E-state index is 0.0898. The molecular formula is C20H27N5O3S. The van der Waals surface area contributed by atoms with Gasteiger partial charge in [0.15, 0.2) is 0 Å². The van der Waals surface area contributed by atoms with Crippen molar-refractivity contribution < 1.29 is 14.1 Å². The number of carbonyl (C=O) groups excluding carboxylic acids is 2. The van der Waals surface area contributed by atoms with Gasteiger partial charge in [0, 0.05) is 43.7 Å². The minimum Gasteiger partial charge on any atom is -0.365 e. The predicted octanol–water partition coefficient (Wildman–Crippen LogP) is 1.78. The van der Waals surface area contributed by atoms with E-state index in [4.69, 9.17) is 10.3 Å². The van der Waals surface area contributed by atoms with Crippen molar-refractivity contribution in [2.75, 3.05) is 31.5 Å². The number of rotatable bonds is 6. The van der Waals surface area contributed by atoms with Crippen molar-refractivity contribution in [2.24, 2.45) is 5.73 Å². The molecule has 0 spiro atoms. The van der Waals surface area contributed by atoms with Gasteiger partial charge in [0.1, 0.15) is 10.8 Å². The van der Waals surface area contributed by atoms with Crippen LogP contribution in [0.1, 0.15) is 45.6 Å². The molecular weight excluding hydrogens is 390 g/mol. The third-order valence-corrected chi connectivity index (χ3v) is 7.01. The molecule has 2 aromatic heterocycles. The van der Waals surface area contributed by atoms with Crippen molar-refractivity contribution >= 4 is 28.2 Å². The first kappa shape index (κ1) is 20.1. The van der Waals surface area contributed by atoms with E-state index in [-0.39, 0.29) is 11.9 Å². The third-order valence-electron chi connectivity index (χ3n) is 5.80. The van der Waals surface area contributed by atoms with E-state index in [9.17, 15) is 9.59 Å². The summed E-state index contributed by atoms with van der Waals surface area (Å²) in [5.41, 5.74) is 8.07. The molecule has 2 amide bonds. The van der Waals surface area contributed by atoms with Gasteiger partial charge in [-0.15, -0.1) is 11.3 Å². The Hall–Kier alpha value is -2.23. The summed E-state index contributed by atoms with van der Waals surface area (Å²) >= 11 is 1.50. The van der Waals surface area contributed by atoms with Crippen LogP contribution in [0.5, 0.6) is 0 Å². The number of hydrogen-bond donors (Lipinski definition) is 2. The SMILES string of the molecule is Cc1cc(CN2CCN([C@H](C)C(=O)Nc3sc4c(c3C(N)=O)CCC4)CC2)no1. The van der Waals surface area contributed by atoms with Crippen LogP contribution in [0.15, 0.2) is 10.6 Å². The lowest BCUT2D eigenvalue weighted by molar-refractivity contribution is -0.121. The van der Waals surface area contributed by atoms with Gasteiger partial charge in [-0.1, -0.05) is 5.16 Å². The van der Waals surface area contributed by atoms with E-state index in [1.165, 1.54) is 16.2 Å². The number of nitrogens with two attached hydrogens (primary N) is 1. The van der Waals surface area contributed by atoms with Gasteiger partial charge in [-0.25, -0.2) is 0 Å². The quantitative estimate of drug-likeness (QED) is 0.742. The molecule has 1 saturated heterocycles. The lowest BCUT2D eigenvalue weighted by Gasteiger charge is -2.37. The molecule has 1 aliphatic carbocycles. The number of anilines is 1. The molecule has 29 heavy (non-hydrogen) atoms. The number of carbonyl (C=O) groups is 2. The van der Waals surface area contributed by atoms with Crippen LogP contribution in [-0.4, -0.2) is 59.0 Å². The predicted molar refractivity (Wildman–Crippen MR) is 111 cm³/mol. The van der Waals surface area contributed by atoms with Crippen LogP contribution in [0.25, 0.3) is 0 Å². The van der Waals surface area contributed by atoms with Gasteiger partial charge >= 0.3 is 0 Å². The standard InChI is InChI=1S/C20H27N5O3S/c1-12-10-14(23-28-12)11-24-6-8-25(9-7-24)13(2)19(27)22-20-17(18(21)26)15-4-3-5-16(15)29-20/h10,13H,3-9,11H2,1-2H3,(H2,21,26)(H,22,27)/t13-/m1/s1. The molecule has 3 heterocycles. The van der Waals surface area contributed by atoms with Crippen molar-refractivity contribution in [3.63, 3.8) is 0 Å². The zero-order valence-corrected chi connectivity index (χ0v) is 17.7. The molecule has 0 aromatic carbocycles. The van der Waals surface area contributed by atoms with Gasteiger partial charge in [-0.2, -0.15) is 0 Å². The number of nitrogens with one attached hydrogen (secondary N) is 1. The van der Waals surface area contributed by atoms with E-state index in [2.05, 4.69) is 20.3 Å². The minimum atomic E-state index is -0.455. The molecule has 1 aliphatic heterocycles. The van der Waals surface area contributed by atoms with Crippen LogP contribution in [0, 0.1) is 6.92 Å². The molecule has 8 nitrogen and oxygen atoms in total. The molecule has 1 fully saturated rings. The first-order valence-corrected chi connectivity index (χ1v) is 10.9. The van der Waals surface area contributed by atoms with E-state index < -0.39 is 5.91 Å². The smallest absolute Gasteiger partial charge is 0.251 e. The van der Waals surface area contributed by atoms with Crippen LogP contribution in [0.4, 0.5) is 5.00 Å². The molecule has 9 heteroatoms. The summed E-state index contributed by atoms with van der Waals surface area (Å²) in [5, 5.41) is 7.63. The first-order valence-electron chi connectivity index (χ1n) is 10.1.